The number of rotatable bonds is 4. The van der Waals surface area contributed by atoms with Crippen LogP contribution in [0.3, 0.4) is 0 Å². The topological polar surface area (TPSA) is 15.3 Å². The maximum Gasteiger partial charge on any atom is 0.0463 e. The molecule has 0 amide bonds. The minimum absolute atomic E-state index is 0.770. The number of hydrogen-bond donors (Lipinski definition) is 1. The van der Waals surface area contributed by atoms with Gasteiger partial charge in [-0.15, -0.1) is 5.73 Å². The summed E-state index contributed by atoms with van der Waals surface area (Å²) in [5, 5.41) is 3.59. The molecular weight excluding hydrogens is 184 g/mol. The van der Waals surface area contributed by atoms with Crippen molar-refractivity contribution < 1.29 is 0 Å². The molecule has 0 saturated carbocycles. The fraction of sp³-hybridized carbons (Fsp3) is 0.615. The van der Waals surface area contributed by atoms with Gasteiger partial charge in [-0.2, -0.15) is 0 Å². The van der Waals surface area contributed by atoms with Crippen molar-refractivity contribution in [2.45, 2.75) is 38.1 Å². The summed E-state index contributed by atoms with van der Waals surface area (Å²) in [6.45, 7) is 2.34. The first-order valence-electron chi connectivity index (χ1n) is 6.04. The predicted molar refractivity (Wildman–Crippen MR) is 63.4 cm³/mol. The van der Waals surface area contributed by atoms with Gasteiger partial charge in [-0.1, -0.05) is 6.42 Å². The van der Waals surface area contributed by atoms with E-state index in [0.717, 1.165) is 12.6 Å². The molecule has 2 aliphatic rings. The highest BCUT2D eigenvalue weighted by molar-refractivity contribution is 5.08. The molecule has 82 valence electrons. The Morgan fingerprint density at radius 2 is 2.40 bits per heavy atom. The Kier molecular flexibility index (Phi) is 4.07. The summed E-state index contributed by atoms with van der Waals surface area (Å²) in [5.74, 6) is 0. The SMILES string of the molecule is C1=CC=CN(CCCC2CCCCN2)C=1. The molecule has 0 aliphatic carbocycles. The van der Waals surface area contributed by atoms with Gasteiger partial charge in [0.2, 0.25) is 0 Å². The Morgan fingerprint density at radius 1 is 1.40 bits per heavy atom. The van der Waals surface area contributed by atoms with Crippen LogP contribution in [0.2, 0.25) is 0 Å². The van der Waals surface area contributed by atoms with Crippen LogP contribution in [0.5, 0.6) is 0 Å². The summed E-state index contributed by atoms with van der Waals surface area (Å²) < 4.78 is 0. The average molecular weight is 204 g/mol. The smallest absolute Gasteiger partial charge is 0.0463 e. The summed E-state index contributed by atoms with van der Waals surface area (Å²) in [5.41, 5.74) is 3.10. The summed E-state index contributed by atoms with van der Waals surface area (Å²) >= 11 is 0. The molecule has 0 bridgehead atoms. The van der Waals surface area contributed by atoms with Gasteiger partial charge in [-0.05, 0) is 44.4 Å². The molecule has 1 N–H and O–H groups in total. The second kappa shape index (κ2) is 5.79. The normalized spacial score (nSPS) is 24.8. The first-order valence-corrected chi connectivity index (χ1v) is 6.04. The lowest BCUT2D eigenvalue weighted by Gasteiger charge is -2.24. The van der Waals surface area contributed by atoms with E-state index in [2.05, 4.69) is 22.1 Å². The van der Waals surface area contributed by atoms with E-state index in [9.17, 15) is 0 Å². The van der Waals surface area contributed by atoms with E-state index < -0.39 is 0 Å². The lowest BCUT2D eigenvalue weighted by atomic mass is 10.0. The quantitative estimate of drug-likeness (QED) is 0.707. The van der Waals surface area contributed by atoms with Crippen molar-refractivity contribution in [3.8, 4) is 0 Å². The molecule has 2 heteroatoms. The molecule has 2 heterocycles. The largest absolute Gasteiger partial charge is 0.348 e. The van der Waals surface area contributed by atoms with Crippen LogP contribution in [-0.4, -0.2) is 24.0 Å². The lowest BCUT2D eigenvalue weighted by Crippen LogP contribution is -2.34. The maximum atomic E-state index is 3.59. The Labute approximate surface area is 92.3 Å². The van der Waals surface area contributed by atoms with E-state index in [-0.39, 0.29) is 0 Å². The molecule has 2 aliphatic heterocycles. The molecular formula is C13H20N2. The zero-order valence-electron chi connectivity index (χ0n) is 9.28. The van der Waals surface area contributed by atoms with Crippen molar-refractivity contribution in [2.75, 3.05) is 13.1 Å². The fourth-order valence-electron chi connectivity index (χ4n) is 2.22. The third-order valence-electron chi connectivity index (χ3n) is 3.09. The second-order valence-electron chi connectivity index (χ2n) is 4.33. The van der Waals surface area contributed by atoms with E-state index in [1.54, 1.807) is 0 Å². The average Bonchev–Trinajstić information content (AvgIpc) is 2.32. The molecule has 1 saturated heterocycles. The second-order valence-corrected chi connectivity index (χ2v) is 4.33. The van der Waals surface area contributed by atoms with Crippen molar-refractivity contribution in [2.24, 2.45) is 0 Å². The number of piperidine rings is 1. The van der Waals surface area contributed by atoms with Crippen LogP contribution in [0.4, 0.5) is 0 Å². The van der Waals surface area contributed by atoms with Gasteiger partial charge in [-0.25, -0.2) is 0 Å². The van der Waals surface area contributed by atoms with Crippen LogP contribution < -0.4 is 5.32 Å². The molecule has 1 fully saturated rings. The molecule has 0 aromatic carbocycles. The molecule has 1 unspecified atom stereocenters. The van der Waals surface area contributed by atoms with Gasteiger partial charge in [0, 0.05) is 25.0 Å². The fourth-order valence-corrected chi connectivity index (χ4v) is 2.22. The molecule has 2 rings (SSSR count). The van der Waals surface area contributed by atoms with Gasteiger partial charge in [0.1, 0.15) is 0 Å². The molecule has 0 spiro atoms. The Hall–Kier alpha value is -0.980. The summed E-state index contributed by atoms with van der Waals surface area (Å²) in [7, 11) is 0. The monoisotopic (exact) mass is 204 g/mol. The van der Waals surface area contributed by atoms with Crippen molar-refractivity contribution >= 4 is 0 Å². The molecule has 15 heavy (non-hydrogen) atoms. The van der Waals surface area contributed by atoms with Gasteiger partial charge >= 0.3 is 0 Å². The van der Waals surface area contributed by atoms with Crippen LogP contribution in [0.25, 0.3) is 0 Å². The highest BCUT2D eigenvalue weighted by Crippen LogP contribution is 2.12. The first-order chi connectivity index (χ1) is 7.45. The van der Waals surface area contributed by atoms with Gasteiger partial charge in [0.25, 0.3) is 0 Å². The summed E-state index contributed by atoms with van der Waals surface area (Å²) in [6.07, 6.45) is 14.8. The third-order valence-corrected chi connectivity index (χ3v) is 3.09. The molecule has 0 radical (unpaired) electrons. The Bertz CT molecular complexity index is 268. The highest BCUT2D eigenvalue weighted by atomic mass is 15.1. The van der Waals surface area contributed by atoms with E-state index in [4.69, 9.17) is 0 Å². The standard InChI is InChI=1S/C13H20N2/c1-4-10-15(11-5-1)12-6-8-13-7-2-3-9-14-13/h1,4,10-11,13-14H,2-3,6-9,12H2. The number of hydrogen-bond acceptors (Lipinski definition) is 2. The minimum Gasteiger partial charge on any atom is -0.348 e. The number of nitrogens with one attached hydrogen (secondary N) is 1. The molecule has 0 aromatic heterocycles. The van der Waals surface area contributed by atoms with E-state index >= 15 is 0 Å². The Balaban J connectivity index is 1.61. The van der Waals surface area contributed by atoms with Gasteiger partial charge in [0.05, 0.1) is 0 Å². The lowest BCUT2D eigenvalue weighted by molar-refractivity contribution is 0.359. The van der Waals surface area contributed by atoms with E-state index in [1.165, 1.54) is 38.6 Å². The van der Waals surface area contributed by atoms with Crippen LogP contribution in [-0.2, 0) is 0 Å². The van der Waals surface area contributed by atoms with Crippen LogP contribution in [0.15, 0.2) is 30.3 Å². The maximum absolute atomic E-state index is 3.59. The van der Waals surface area contributed by atoms with Gasteiger partial charge < -0.3 is 10.2 Å². The Morgan fingerprint density at radius 3 is 3.13 bits per heavy atom. The minimum atomic E-state index is 0.770. The van der Waals surface area contributed by atoms with E-state index in [1.807, 2.05) is 18.4 Å². The third kappa shape index (κ3) is 3.58. The highest BCUT2D eigenvalue weighted by Gasteiger charge is 2.11. The number of nitrogens with zero attached hydrogens (tertiary/aromatic N) is 1. The van der Waals surface area contributed by atoms with Crippen molar-refractivity contribution in [3.05, 3.63) is 30.3 Å². The van der Waals surface area contributed by atoms with E-state index in [0.29, 0.717) is 0 Å². The number of allylic oxidation sites excluding steroid dienone is 2. The van der Waals surface area contributed by atoms with Crippen molar-refractivity contribution in [1.29, 1.82) is 0 Å². The zero-order chi connectivity index (χ0) is 10.3. The first kappa shape index (κ1) is 10.5. The molecule has 1 atom stereocenters. The van der Waals surface area contributed by atoms with Crippen molar-refractivity contribution in [3.63, 3.8) is 0 Å². The van der Waals surface area contributed by atoms with Gasteiger partial charge in [0.15, 0.2) is 0 Å². The summed E-state index contributed by atoms with van der Waals surface area (Å²) in [4.78, 5) is 2.21. The van der Waals surface area contributed by atoms with Crippen LogP contribution in [0, 0.1) is 0 Å². The zero-order valence-corrected chi connectivity index (χ0v) is 9.28. The van der Waals surface area contributed by atoms with Crippen molar-refractivity contribution in [1.82, 2.24) is 10.2 Å². The van der Waals surface area contributed by atoms with Crippen LogP contribution in [0.1, 0.15) is 32.1 Å². The van der Waals surface area contributed by atoms with Gasteiger partial charge in [-0.3, -0.25) is 0 Å². The molecule has 2 nitrogen and oxygen atoms in total. The molecule has 0 aromatic rings. The predicted octanol–water partition coefficient (Wildman–Crippen LogP) is 2.41. The van der Waals surface area contributed by atoms with Crippen LogP contribution >= 0.6 is 0 Å². The summed E-state index contributed by atoms with van der Waals surface area (Å²) in [6, 6.07) is 0.770.